The van der Waals surface area contributed by atoms with E-state index in [1.807, 2.05) is 11.8 Å². The van der Waals surface area contributed by atoms with Gasteiger partial charge in [0.05, 0.1) is 18.0 Å². The van der Waals surface area contributed by atoms with Crippen LogP contribution in [0.4, 0.5) is 0 Å². The molecule has 2 fully saturated rings. The number of ether oxygens (including phenoxy) is 1. The Morgan fingerprint density at radius 2 is 2.00 bits per heavy atom. The van der Waals surface area contributed by atoms with E-state index in [1.165, 1.54) is 12.8 Å². The predicted octanol–water partition coefficient (Wildman–Crippen LogP) is 2.98. The molecule has 1 saturated heterocycles. The Morgan fingerprint density at radius 1 is 1.22 bits per heavy atom. The van der Waals surface area contributed by atoms with Gasteiger partial charge in [-0.25, -0.2) is 4.98 Å². The third kappa shape index (κ3) is 4.08. The fourth-order valence-electron chi connectivity index (χ4n) is 3.61. The summed E-state index contributed by atoms with van der Waals surface area (Å²) in [6.45, 7) is 5.69. The van der Waals surface area contributed by atoms with Crippen molar-refractivity contribution >= 4 is 5.91 Å². The van der Waals surface area contributed by atoms with Crippen LogP contribution in [-0.2, 0) is 4.74 Å². The molecule has 0 radical (unpaired) electrons. The molecule has 1 aliphatic heterocycles. The minimum Gasteiger partial charge on any atom is -0.376 e. The van der Waals surface area contributed by atoms with E-state index in [-0.39, 0.29) is 12.0 Å². The van der Waals surface area contributed by atoms with E-state index in [1.54, 1.807) is 12.4 Å². The molecule has 5 heteroatoms. The molecule has 126 valence electrons. The van der Waals surface area contributed by atoms with Crippen LogP contribution in [0.3, 0.4) is 0 Å². The second kappa shape index (κ2) is 7.39. The van der Waals surface area contributed by atoms with Crippen molar-refractivity contribution in [3.63, 3.8) is 0 Å². The van der Waals surface area contributed by atoms with Gasteiger partial charge in [-0.3, -0.25) is 9.78 Å². The first-order valence-corrected chi connectivity index (χ1v) is 8.84. The molecule has 2 heterocycles. The molecule has 23 heavy (non-hydrogen) atoms. The first-order valence-electron chi connectivity index (χ1n) is 8.84. The minimum absolute atomic E-state index is 0.00699. The third-order valence-corrected chi connectivity index (χ3v) is 5.11. The molecule has 0 aromatic carbocycles. The largest absolute Gasteiger partial charge is 0.376 e. The Labute approximate surface area is 138 Å². The number of aryl methyl sites for hydroxylation is 1. The Balaban J connectivity index is 1.75. The zero-order valence-electron chi connectivity index (χ0n) is 14.2. The van der Waals surface area contributed by atoms with Gasteiger partial charge in [0.2, 0.25) is 0 Å². The number of nitrogens with zero attached hydrogens (tertiary/aromatic N) is 3. The maximum Gasteiger partial charge on any atom is 0.274 e. The Hall–Kier alpha value is -1.49. The van der Waals surface area contributed by atoms with E-state index in [0.29, 0.717) is 18.3 Å². The molecule has 1 aromatic rings. The lowest BCUT2D eigenvalue weighted by atomic mass is 9.86. The normalized spacial score (nSPS) is 27.8. The number of carbonyl (C=O) groups is 1. The monoisotopic (exact) mass is 317 g/mol. The van der Waals surface area contributed by atoms with Gasteiger partial charge in [0.15, 0.2) is 0 Å². The van der Waals surface area contributed by atoms with Gasteiger partial charge in [0, 0.05) is 25.4 Å². The van der Waals surface area contributed by atoms with Gasteiger partial charge in [-0.1, -0.05) is 6.92 Å². The number of aromatic nitrogens is 2. The summed E-state index contributed by atoms with van der Waals surface area (Å²) in [7, 11) is 0. The predicted molar refractivity (Wildman–Crippen MR) is 88.2 cm³/mol. The lowest BCUT2D eigenvalue weighted by molar-refractivity contribution is 0.0337. The van der Waals surface area contributed by atoms with Crippen molar-refractivity contribution in [3.8, 4) is 0 Å². The van der Waals surface area contributed by atoms with Gasteiger partial charge in [0.1, 0.15) is 5.69 Å². The summed E-state index contributed by atoms with van der Waals surface area (Å²) in [4.78, 5) is 23.5. The van der Waals surface area contributed by atoms with Crippen LogP contribution < -0.4 is 0 Å². The van der Waals surface area contributed by atoms with Gasteiger partial charge < -0.3 is 9.64 Å². The van der Waals surface area contributed by atoms with Crippen molar-refractivity contribution in [1.82, 2.24) is 14.9 Å². The SMILES string of the molecule is Cc1cnc(C(=O)N(C[C@H]2CCCO2)C2CCC(C)CC2)cn1. The van der Waals surface area contributed by atoms with Crippen LogP contribution in [0.5, 0.6) is 0 Å². The number of carbonyl (C=O) groups excluding carboxylic acids is 1. The van der Waals surface area contributed by atoms with Crippen molar-refractivity contribution < 1.29 is 9.53 Å². The summed E-state index contributed by atoms with van der Waals surface area (Å²) in [5.41, 5.74) is 1.28. The summed E-state index contributed by atoms with van der Waals surface area (Å²) >= 11 is 0. The molecular formula is C18H27N3O2. The fourth-order valence-corrected chi connectivity index (χ4v) is 3.61. The van der Waals surface area contributed by atoms with Gasteiger partial charge >= 0.3 is 0 Å². The molecule has 1 aromatic heterocycles. The molecule has 0 bridgehead atoms. The minimum atomic E-state index is 0.00699. The van der Waals surface area contributed by atoms with Gasteiger partial charge in [-0.05, 0) is 51.4 Å². The maximum atomic E-state index is 13.0. The highest BCUT2D eigenvalue weighted by Crippen LogP contribution is 2.29. The van der Waals surface area contributed by atoms with Crippen LogP contribution in [-0.4, -0.2) is 46.1 Å². The standard InChI is InChI=1S/C18H27N3O2/c1-13-5-7-15(8-6-13)21(12-16-4-3-9-23-16)18(22)17-11-19-14(2)10-20-17/h10-11,13,15-16H,3-9,12H2,1-2H3/t13?,15?,16-/m1/s1. The average molecular weight is 317 g/mol. The van der Waals surface area contributed by atoms with E-state index in [0.717, 1.165) is 43.9 Å². The van der Waals surface area contributed by atoms with E-state index >= 15 is 0 Å². The fraction of sp³-hybridized carbons (Fsp3) is 0.722. The van der Waals surface area contributed by atoms with Crippen LogP contribution in [0.15, 0.2) is 12.4 Å². The molecule has 1 saturated carbocycles. The van der Waals surface area contributed by atoms with E-state index in [4.69, 9.17) is 4.74 Å². The molecule has 3 rings (SSSR count). The molecule has 0 unspecified atom stereocenters. The Kier molecular flexibility index (Phi) is 5.26. The number of rotatable bonds is 4. The van der Waals surface area contributed by atoms with Gasteiger partial charge in [-0.2, -0.15) is 0 Å². The summed E-state index contributed by atoms with van der Waals surface area (Å²) in [5.74, 6) is 0.776. The molecular weight excluding hydrogens is 290 g/mol. The third-order valence-electron chi connectivity index (χ3n) is 5.11. The summed E-state index contributed by atoms with van der Waals surface area (Å²) in [6.07, 6.45) is 10.1. The summed E-state index contributed by atoms with van der Waals surface area (Å²) in [6, 6.07) is 0.311. The second-order valence-electron chi connectivity index (χ2n) is 7.05. The molecule has 5 nitrogen and oxygen atoms in total. The molecule has 1 atom stereocenters. The van der Waals surface area contributed by atoms with E-state index in [9.17, 15) is 4.79 Å². The highest BCUT2D eigenvalue weighted by molar-refractivity contribution is 5.92. The molecule has 1 aliphatic carbocycles. The zero-order valence-corrected chi connectivity index (χ0v) is 14.2. The van der Waals surface area contributed by atoms with Gasteiger partial charge in [-0.15, -0.1) is 0 Å². The van der Waals surface area contributed by atoms with Crippen LogP contribution >= 0.6 is 0 Å². The first kappa shape index (κ1) is 16.4. The van der Waals surface area contributed by atoms with Crippen molar-refractivity contribution in [3.05, 3.63) is 23.8 Å². The van der Waals surface area contributed by atoms with Crippen LogP contribution in [0.2, 0.25) is 0 Å². The first-order chi connectivity index (χ1) is 11.1. The highest BCUT2D eigenvalue weighted by atomic mass is 16.5. The summed E-state index contributed by atoms with van der Waals surface area (Å²) in [5, 5.41) is 0. The van der Waals surface area contributed by atoms with Crippen molar-refractivity contribution in [1.29, 1.82) is 0 Å². The Bertz CT molecular complexity index is 518. The second-order valence-corrected chi connectivity index (χ2v) is 7.05. The molecule has 2 aliphatic rings. The van der Waals surface area contributed by atoms with Crippen LogP contribution in [0.1, 0.15) is 61.6 Å². The molecule has 1 amide bonds. The van der Waals surface area contributed by atoms with Crippen LogP contribution in [0.25, 0.3) is 0 Å². The zero-order chi connectivity index (χ0) is 16.2. The van der Waals surface area contributed by atoms with Crippen molar-refractivity contribution in [2.45, 2.75) is 64.5 Å². The van der Waals surface area contributed by atoms with Crippen molar-refractivity contribution in [2.24, 2.45) is 5.92 Å². The smallest absolute Gasteiger partial charge is 0.274 e. The molecule has 0 spiro atoms. The lowest BCUT2D eigenvalue weighted by Crippen LogP contribution is -2.46. The van der Waals surface area contributed by atoms with Gasteiger partial charge in [0.25, 0.3) is 5.91 Å². The van der Waals surface area contributed by atoms with Crippen LogP contribution in [0, 0.1) is 12.8 Å². The quantitative estimate of drug-likeness (QED) is 0.856. The number of hydrogen-bond donors (Lipinski definition) is 0. The molecule has 0 N–H and O–H groups in total. The Morgan fingerprint density at radius 3 is 2.61 bits per heavy atom. The van der Waals surface area contributed by atoms with E-state index in [2.05, 4.69) is 16.9 Å². The number of amides is 1. The highest BCUT2D eigenvalue weighted by Gasteiger charge is 2.31. The topological polar surface area (TPSA) is 55.3 Å². The lowest BCUT2D eigenvalue weighted by Gasteiger charge is -2.37. The number of hydrogen-bond acceptors (Lipinski definition) is 4. The van der Waals surface area contributed by atoms with E-state index < -0.39 is 0 Å². The van der Waals surface area contributed by atoms with Crippen molar-refractivity contribution in [2.75, 3.05) is 13.2 Å². The summed E-state index contributed by atoms with van der Waals surface area (Å²) < 4.78 is 5.77. The maximum absolute atomic E-state index is 13.0. The average Bonchev–Trinajstić information content (AvgIpc) is 3.07.